The second-order valence-electron chi connectivity index (χ2n) is 6.48. The number of rotatable bonds is 5. The van der Waals surface area contributed by atoms with Crippen LogP contribution >= 0.6 is 0 Å². The minimum atomic E-state index is -0.493. The zero-order chi connectivity index (χ0) is 20.4. The predicted molar refractivity (Wildman–Crippen MR) is 108 cm³/mol. The molecule has 4 aromatic rings. The van der Waals surface area contributed by atoms with E-state index in [1.807, 2.05) is 31.2 Å². The number of hydrogen-bond acceptors (Lipinski definition) is 5. The summed E-state index contributed by atoms with van der Waals surface area (Å²) in [5, 5.41) is 9.29. The fourth-order valence-corrected chi connectivity index (χ4v) is 3.09. The van der Waals surface area contributed by atoms with Crippen molar-refractivity contribution in [2.45, 2.75) is 20.3 Å². The van der Waals surface area contributed by atoms with Gasteiger partial charge in [-0.25, -0.2) is 4.98 Å². The molecule has 3 aromatic heterocycles. The Morgan fingerprint density at radius 3 is 2.62 bits per heavy atom. The van der Waals surface area contributed by atoms with Crippen molar-refractivity contribution < 1.29 is 14.1 Å². The Labute approximate surface area is 166 Å². The molecule has 0 bridgehead atoms. The molecule has 0 spiro atoms. The number of aromatic nitrogens is 3. The first-order valence-electron chi connectivity index (χ1n) is 9.18. The summed E-state index contributed by atoms with van der Waals surface area (Å²) in [5.41, 5.74) is 2.43. The van der Waals surface area contributed by atoms with Gasteiger partial charge in [-0.15, -0.1) is 0 Å². The molecule has 146 valence electrons. The lowest BCUT2D eigenvalue weighted by Gasteiger charge is -2.08. The summed E-state index contributed by atoms with van der Waals surface area (Å²) < 4.78 is 6.54. The average Bonchev–Trinajstić information content (AvgIpc) is 3.32. The number of nitrogens with zero attached hydrogens (tertiary/aromatic N) is 3. The minimum absolute atomic E-state index is 0.0789. The van der Waals surface area contributed by atoms with E-state index >= 15 is 0 Å². The van der Waals surface area contributed by atoms with E-state index in [0.717, 1.165) is 17.7 Å². The summed E-state index contributed by atoms with van der Waals surface area (Å²) in [5.74, 6) is 0.0552. The molecule has 0 aliphatic rings. The minimum Gasteiger partial charge on any atom is -0.360 e. The van der Waals surface area contributed by atoms with Crippen LogP contribution in [0.3, 0.4) is 0 Å². The van der Waals surface area contributed by atoms with E-state index in [-0.39, 0.29) is 23.2 Å². The summed E-state index contributed by atoms with van der Waals surface area (Å²) in [7, 11) is 0. The van der Waals surface area contributed by atoms with Crippen molar-refractivity contribution in [2.24, 2.45) is 0 Å². The van der Waals surface area contributed by atoms with Crippen LogP contribution in [-0.2, 0) is 6.42 Å². The van der Waals surface area contributed by atoms with Gasteiger partial charge in [0.15, 0.2) is 11.5 Å². The number of para-hydroxylation sites is 1. The highest BCUT2D eigenvalue weighted by Gasteiger charge is 2.22. The molecule has 1 aromatic carbocycles. The second-order valence-corrected chi connectivity index (χ2v) is 6.48. The molecule has 0 saturated carbocycles. The van der Waals surface area contributed by atoms with Crippen LogP contribution in [0.15, 0.2) is 59.3 Å². The maximum absolute atomic E-state index is 12.9. The van der Waals surface area contributed by atoms with Gasteiger partial charge in [0, 0.05) is 18.0 Å². The summed E-state index contributed by atoms with van der Waals surface area (Å²) in [6, 6.07) is 14.5. The van der Waals surface area contributed by atoms with Gasteiger partial charge < -0.3 is 15.2 Å². The molecular weight excluding hydrogens is 370 g/mol. The van der Waals surface area contributed by atoms with E-state index in [4.69, 9.17) is 4.52 Å². The number of fused-ring (bicyclic) bond motifs is 1. The molecule has 4 rings (SSSR count). The third kappa shape index (κ3) is 3.60. The number of amides is 2. The Morgan fingerprint density at radius 1 is 1.07 bits per heavy atom. The molecule has 2 amide bonds. The van der Waals surface area contributed by atoms with Crippen LogP contribution in [0.1, 0.15) is 39.4 Å². The van der Waals surface area contributed by atoms with Gasteiger partial charge in [0.1, 0.15) is 5.76 Å². The first kappa shape index (κ1) is 18.4. The Bertz CT molecular complexity index is 1210. The Balaban J connectivity index is 1.68. The molecule has 0 aliphatic carbocycles. The van der Waals surface area contributed by atoms with Crippen LogP contribution < -0.4 is 10.6 Å². The Morgan fingerprint density at radius 2 is 1.86 bits per heavy atom. The van der Waals surface area contributed by atoms with Gasteiger partial charge in [-0.1, -0.05) is 36.3 Å². The zero-order valence-corrected chi connectivity index (χ0v) is 16.0. The van der Waals surface area contributed by atoms with Gasteiger partial charge in [-0.2, -0.15) is 0 Å². The van der Waals surface area contributed by atoms with Crippen LogP contribution in [0, 0.1) is 6.92 Å². The summed E-state index contributed by atoms with van der Waals surface area (Å²) in [6.07, 6.45) is 2.47. The van der Waals surface area contributed by atoms with Crippen LogP contribution in [0.2, 0.25) is 0 Å². The van der Waals surface area contributed by atoms with Gasteiger partial charge in [0.05, 0.1) is 5.52 Å². The molecule has 0 fully saturated rings. The molecule has 0 atom stereocenters. The summed E-state index contributed by atoms with van der Waals surface area (Å²) >= 11 is 0. The molecule has 0 unspecified atom stereocenters. The van der Waals surface area contributed by atoms with E-state index in [1.165, 1.54) is 0 Å². The maximum Gasteiger partial charge on any atom is 0.293 e. The van der Waals surface area contributed by atoms with Crippen molar-refractivity contribution >= 4 is 28.8 Å². The van der Waals surface area contributed by atoms with Crippen molar-refractivity contribution in [3.63, 3.8) is 0 Å². The number of carbonyl (C=O) groups excluding carboxylic acids is 2. The predicted octanol–water partition coefficient (Wildman–Crippen LogP) is 3.70. The number of hydrogen-bond donors (Lipinski definition) is 2. The van der Waals surface area contributed by atoms with Crippen molar-refractivity contribution in [1.82, 2.24) is 14.5 Å². The molecule has 2 N–H and O–H groups in total. The SMILES string of the molecule is CCc1ccccc1NC(=O)c1nc(C(=O)Nc2cc(C)on2)n2ccccc12. The van der Waals surface area contributed by atoms with Crippen LogP contribution in [0.4, 0.5) is 11.5 Å². The Kier molecular flexibility index (Phi) is 4.82. The van der Waals surface area contributed by atoms with E-state index < -0.39 is 5.91 Å². The quantitative estimate of drug-likeness (QED) is 0.542. The van der Waals surface area contributed by atoms with E-state index in [0.29, 0.717) is 11.3 Å². The smallest absolute Gasteiger partial charge is 0.293 e. The lowest BCUT2D eigenvalue weighted by molar-refractivity contribution is 0.101. The number of benzene rings is 1. The molecule has 8 heteroatoms. The standard InChI is InChI=1S/C21H19N5O3/c1-3-14-8-4-5-9-15(14)22-20(27)18-16-10-6-7-11-26(16)19(24-18)21(28)23-17-12-13(2)29-25-17/h4-12H,3H2,1-2H3,(H,22,27)(H,23,25,28). The normalized spacial score (nSPS) is 10.8. The molecule has 3 heterocycles. The van der Waals surface area contributed by atoms with E-state index in [1.54, 1.807) is 41.8 Å². The monoisotopic (exact) mass is 389 g/mol. The number of aryl methyl sites for hydroxylation is 2. The third-order valence-corrected chi connectivity index (χ3v) is 4.48. The van der Waals surface area contributed by atoms with Crippen LogP contribution in [0.5, 0.6) is 0 Å². The van der Waals surface area contributed by atoms with E-state index in [2.05, 4.69) is 20.8 Å². The molecule has 0 aliphatic heterocycles. The van der Waals surface area contributed by atoms with Crippen molar-refractivity contribution in [1.29, 1.82) is 0 Å². The maximum atomic E-state index is 12.9. The van der Waals surface area contributed by atoms with Crippen molar-refractivity contribution in [2.75, 3.05) is 10.6 Å². The van der Waals surface area contributed by atoms with Gasteiger partial charge in [0.2, 0.25) is 5.82 Å². The Hall–Kier alpha value is -3.94. The van der Waals surface area contributed by atoms with Gasteiger partial charge in [-0.3, -0.25) is 14.0 Å². The molecule has 8 nitrogen and oxygen atoms in total. The first-order valence-corrected chi connectivity index (χ1v) is 9.18. The van der Waals surface area contributed by atoms with Crippen LogP contribution in [0.25, 0.3) is 5.52 Å². The lowest BCUT2D eigenvalue weighted by atomic mass is 10.1. The van der Waals surface area contributed by atoms with Gasteiger partial charge in [-0.05, 0) is 37.1 Å². The number of anilines is 2. The van der Waals surface area contributed by atoms with Gasteiger partial charge >= 0.3 is 0 Å². The number of pyridine rings is 1. The highest BCUT2D eigenvalue weighted by molar-refractivity contribution is 6.10. The highest BCUT2D eigenvalue weighted by Crippen LogP contribution is 2.20. The highest BCUT2D eigenvalue weighted by atomic mass is 16.5. The van der Waals surface area contributed by atoms with Gasteiger partial charge in [0.25, 0.3) is 11.8 Å². The van der Waals surface area contributed by atoms with Crippen LogP contribution in [-0.4, -0.2) is 26.4 Å². The molecular formula is C21H19N5O3. The zero-order valence-electron chi connectivity index (χ0n) is 16.0. The fraction of sp³-hybridized carbons (Fsp3) is 0.143. The molecule has 0 radical (unpaired) electrons. The molecule has 29 heavy (non-hydrogen) atoms. The van der Waals surface area contributed by atoms with E-state index in [9.17, 15) is 9.59 Å². The topological polar surface area (TPSA) is 102 Å². The average molecular weight is 389 g/mol. The largest absolute Gasteiger partial charge is 0.360 e. The number of imidazole rings is 1. The number of nitrogens with one attached hydrogen (secondary N) is 2. The lowest BCUT2D eigenvalue weighted by Crippen LogP contribution is -2.17. The number of carbonyl (C=O) groups is 2. The summed E-state index contributed by atoms with van der Waals surface area (Å²) in [6.45, 7) is 3.75. The van der Waals surface area contributed by atoms with Crippen molar-refractivity contribution in [3.05, 3.63) is 77.6 Å². The second kappa shape index (κ2) is 7.59. The third-order valence-electron chi connectivity index (χ3n) is 4.48. The van der Waals surface area contributed by atoms with Crippen molar-refractivity contribution in [3.8, 4) is 0 Å². The first-order chi connectivity index (χ1) is 14.1. The summed E-state index contributed by atoms with van der Waals surface area (Å²) in [4.78, 5) is 30.0. The fourth-order valence-electron chi connectivity index (χ4n) is 3.09. The molecule has 0 saturated heterocycles.